The molecule has 1 aliphatic rings. The van der Waals surface area contributed by atoms with Crippen LogP contribution in [0.2, 0.25) is 0 Å². The molecule has 1 fully saturated rings. The van der Waals surface area contributed by atoms with E-state index in [1.807, 2.05) is 54.3 Å². The molecule has 2 aromatic rings. The zero-order chi connectivity index (χ0) is 15.4. The fourth-order valence-corrected chi connectivity index (χ4v) is 3.00. The van der Waals surface area contributed by atoms with Crippen LogP contribution in [0.1, 0.15) is 30.1 Å². The molecular formula is C19H22N2O. The zero-order valence-corrected chi connectivity index (χ0v) is 13.0. The summed E-state index contributed by atoms with van der Waals surface area (Å²) in [5, 5.41) is 0. The van der Waals surface area contributed by atoms with Crippen molar-refractivity contribution in [3.05, 3.63) is 60.2 Å². The predicted octanol–water partition coefficient (Wildman–Crippen LogP) is 3.95. The van der Waals surface area contributed by atoms with E-state index in [9.17, 15) is 4.79 Å². The van der Waals surface area contributed by atoms with Gasteiger partial charge in [-0.05, 0) is 56.2 Å². The Morgan fingerprint density at radius 1 is 1.00 bits per heavy atom. The number of rotatable bonds is 4. The molecule has 1 heterocycles. The van der Waals surface area contributed by atoms with Gasteiger partial charge in [-0.15, -0.1) is 0 Å². The molecule has 3 heteroatoms. The summed E-state index contributed by atoms with van der Waals surface area (Å²) in [6.45, 7) is 4.91. The molecule has 1 saturated heterocycles. The molecule has 0 bridgehead atoms. The van der Waals surface area contributed by atoms with Gasteiger partial charge in [0.25, 0.3) is 5.91 Å². The number of hydrogen-bond acceptors (Lipinski definition) is 2. The van der Waals surface area contributed by atoms with E-state index in [2.05, 4.69) is 17.0 Å². The molecule has 0 spiro atoms. The molecule has 0 radical (unpaired) electrons. The number of carbonyl (C=O) groups is 1. The molecule has 1 aliphatic heterocycles. The summed E-state index contributed by atoms with van der Waals surface area (Å²) >= 11 is 0. The van der Waals surface area contributed by atoms with Crippen molar-refractivity contribution in [1.29, 1.82) is 0 Å². The second-order valence-electron chi connectivity index (χ2n) is 5.63. The summed E-state index contributed by atoms with van der Waals surface area (Å²) in [4.78, 5) is 16.9. The van der Waals surface area contributed by atoms with Crippen molar-refractivity contribution in [1.82, 2.24) is 0 Å². The van der Waals surface area contributed by atoms with E-state index in [1.54, 1.807) is 0 Å². The number of hydrogen-bond donors (Lipinski definition) is 0. The Bertz CT molecular complexity index is 616. The number of anilines is 2. The van der Waals surface area contributed by atoms with E-state index in [0.717, 1.165) is 24.3 Å². The average Bonchev–Trinajstić information content (AvgIpc) is 3.11. The second kappa shape index (κ2) is 6.65. The highest BCUT2D eigenvalue weighted by Crippen LogP contribution is 2.22. The van der Waals surface area contributed by atoms with Gasteiger partial charge in [0.05, 0.1) is 0 Å². The molecule has 0 aliphatic carbocycles. The van der Waals surface area contributed by atoms with Crippen LogP contribution >= 0.6 is 0 Å². The highest BCUT2D eigenvalue weighted by molar-refractivity contribution is 6.06. The minimum atomic E-state index is 0.0571. The number of carbonyl (C=O) groups excluding carboxylic acids is 1. The summed E-state index contributed by atoms with van der Waals surface area (Å²) in [5.41, 5.74) is 2.91. The van der Waals surface area contributed by atoms with Gasteiger partial charge in [-0.2, -0.15) is 0 Å². The van der Waals surface area contributed by atoms with E-state index >= 15 is 0 Å². The lowest BCUT2D eigenvalue weighted by atomic mass is 10.1. The van der Waals surface area contributed by atoms with E-state index in [1.165, 1.54) is 18.5 Å². The van der Waals surface area contributed by atoms with Crippen LogP contribution in [0, 0.1) is 0 Å². The lowest BCUT2D eigenvalue weighted by Gasteiger charge is -2.22. The Kier molecular flexibility index (Phi) is 4.42. The third kappa shape index (κ3) is 2.98. The molecule has 0 saturated carbocycles. The molecule has 2 aromatic carbocycles. The van der Waals surface area contributed by atoms with E-state index in [0.29, 0.717) is 6.54 Å². The van der Waals surface area contributed by atoms with Crippen LogP contribution in [0.5, 0.6) is 0 Å². The minimum Gasteiger partial charge on any atom is -0.372 e. The quantitative estimate of drug-likeness (QED) is 0.852. The van der Waals surface area contributed by atoms with Gasteiger partial charge in [0.1, 0.15) is 0 Å². The van der Waals surface area contributed by atoms with Crippen LogP contribution in [0.3, 0.4) is 0 Å². The van der Waals surface area contributed by atoms with Crippen molar-refractivity contribution in [3.8, 4) is 0 Å². The number of nitrogens with zero attached hydrogens (tertiary/aromatic N) is 2. The fraction of sp³-hybridized carbons (Fsp3) is 0.316. The Morgan fingerprint density at radius 3 is 2.23 bits per heavy atom. The van der Waals surface area contributed by atoms with Crippen molar-refractivity contribution in [3.63, 3.8) is 0 Å². The van der Waals surface area contributed by atoms with Gasteiger partial charge in [-0.25, -0.2) is 0 Å². The molecule has 22 heavy (non-hydrogen) atoms. The molecule has 0 N–H and O–H groups in total. The molecular weight excluding hydrogens is 272 g/mol. The Balaban J connectivity index is 1.79. The average molecular weight is 294 g/mol. The Hall–Kier alpha value is -2.29. The molecule has 1 amide bonds. The molecule has 114 valence electrons. The highest BCUT2D eigenvalue weighted by Gasteiger charge is 2.17. The largest absolute Gasteiger partial charge is 0.372 e. The number of amides is 1. The molecule has 3 rings (SSSR count). The van der Waals surface area contributed by atoms with E-state index in [-0.39, 0.29) is 5.91 Å². The topological polar surface area (TPSA) is 23.6 Å². The smallest absolute Gasteiger partial charge is 0.258 e. The lowest BCUT2D eigenvalue weighted by Crippen LogP contribution is -2.30. The zero-order valence-electron chi connectivity index (χ0n) is 13.0. The fourth-order valence-electron chi connectivity index (χ4n) is 3.00. The highest BCUT2D eigenvalue weighted by atomic mass is 16.2. The summed E-state index contributed by atoms with van der Waals surface area (Å²) < 4.78 is 0. The maximum atomic E-state index is 12.7. The van der Waals surface area contributed by atoms with Gasteiger partial charge >= 0.3 is 0 Å². The van der Waals surface area contributed by atoms with Crippen LogP contribution in [0.25, 0.3) is 0 Å². The third-order valence-corrected chi connectivity index (χ3v) is 4.21. The Morgan fingerprint density at radius 2 is 1.64 bits per heavy atom. The van der Waals surface area contributed by atoms with Crippen molar-refractivity contribution in [2.45, 2.75) is 19.8 Å². The molecule has 0 atom stereocenters. The van der Waals surface area contributed by atoms with E-state index in [4.69, 9.17) is 0 Å². The summed E-state index contributed by atoms with van der Waals surface area (Å²) in [6.07, 6.45) is 2.52. The first-order valence-corrected chi connectivity index (χ1v) is 8.01. The first-order chi connectivity index (χ1) is 10.8. The van der Waals surface area contributed by atoms with Crippen molar-refractivity contribution in [2.24, 2.45) is 0 Å². The second-order valence-corrected chi connectivity index (χ2v) is 5.63. The van der Waals surface area contributed by atoms with Gasteiger partial charge in [-0.1, -0.05) is 18.2 Å². The lowest BCUT2D eigenvalue weighted by molar-refractivity contribution is 0.0988. The minimum absolute atomic E-state index is 0.0571. The first kappa shape index (κ1) is 14.6. The third-order valence-electron chi connectivity index (χ3n) is 4.21. The summed E-state index contributed by atoms with van der Waals surface area (Å²) in [6, 6.07) is 17.9. The standard InChI is InChI=1S/C19H22N2O/c1-2-21(18-8-4-3-5-9-18)19(22)16-10-12-17(13-11-16)20-14-6-7-15-20/h3-5,8-13H,2,6-7,14-15H2,1H3. The summed E-state index contributed by atoms with van der Waals surface area (Å²) in [5.74, 6) is 0.0571. The van der Waals surface area contributed by atoms with E-state index < -0.39 is 0 Å². The molecule has 3 nitrogen and oxygen atoms in total. The van der Waals surface area contributed by atoms with Gasteiger partial charge in [0.2, 0.25) is 0 Å². The van der Waals surface area contributed by atoms with Crippen molar-refractivity contribution >= 4 is 17.3 Å². The van der Waals surface area contributed by atoms with Crippen LogP contribution in [0.15, 0.2) is 54.6 Å². The van der Waals surface area contributed by atoms with Gasteiger partial charge in [0.15, 0.2) is 0 Å². The van der Waals surface area contributed by atoms with Gasteiger partial charge in [-0.3, -0.25) is 4.79 Å². The predicted molar refractivity (Wildman–Crippen MR) is 91.7 cm³/mol. The van der Waals surface area contributed by atoms with Crippen LogP contribution in [0.4, 0.5) is 11.4 Å². The normalized spacial score (nSPS) is 14.1. The van der Waals surface area contributed by atoms with Crippen molar-refractivity contribution < 1.29 is 4.79 Å². The van der Waals surface area contributed by atoms with Gasteiger partial charge in [0, 0.05) is 36.6 Å². The maximum absolute atomic E-state index is 12.7. The maximum Gasteiger partial charge on any atom is 0.258 e. The summed E-state index contributed by atoms with van der Waals surface area (Å²) in [7, 11) is 0. The monoisotopic (exact) mass is 294 g/mol. The van der Waals surface area contributed by atoms with Crippen LogP contribution in [-0.4, -0.2) is 25.5 Å². The number of benzene rings is 2. The SMILES string of the molecule is CCN(C(=O)c1ccc(N2CCCC2)cc1)c1ccccc1. The molecule has 0 unspecified atom stereocenters. The number of para-hydroxylation sites is 1. The molecule has 0 aromatic heterocycles. The van der Waals surface area contributed by atoms with Gasteiger partial charge < -0.3 is 9.80 Å². The van der Waals surface area contributed by atoms with Crippen LogP contribution in [-0.2, 0) is 0 Å². The van der Waals surface area contributed by atoms with Crippen molar-refractivity contribution in [2.75, 3.05) is 29.4 Å². The first-order valence-electron chi connectivity index (χ1n) is 8.01. The Labute approximate surface area is 132 Å². The van der Waals surface area contributed by atoms with Crippen LogP contribution < -0.4 is 9.80 Å².